The fourth-order valence-electron chi connectivity index (χ4n) is 3.75. The van der Waals surface area contributed by atoms with Gasteiger partial charge in [0.2, 0.25) is 0 Å². The van der Waals surface area contributed by atoms with E-state index in [0.29, 0.717) is 12.5 Å². The number of nitrogens with two attached hydrogens (primary N) is 1. The normalized spacial score (nSPS) is 14.4. The first-order chi connectivity index (χ1) is 16.5. The third-order valence-corrected chi connectivity index (χ3v) is 5.86. The molecule has 34 heavy (non-hydrogen) atoms. The van der Waals surface area contributed by atoms with E-state index in [2.05, 4.69) is 66.3 Å². The number of pyridine rings is 1. The molecular formula is C25H34N8O. The molecule has 1 aliphatic heterocycles. The van der Waals surface area contributed by atoms with Crippen LogP contribution in [0.5, 0.6) is 5.88 Å². The first-order valence-corrected chi connectivity index (χ1v) is 11.6. The minimum atomic E-state index is 0.274. The van der Waals surface area contributed by atoms with Crippen LogP contribution >= 0.6 is 0 Å². The van der Waals surface area contributed by atoms with E-state index in [-0.39, 0.29) is 5.82 Å². The van der Waals surface area contributed by atoms with Crippen molar-refractivity contribution in [1.29, 1.82) is 0 Å². The maximum Gasteiger partial charge on any atom is 0.258 e. The van der Waals surface area contributed by atoms with Crippen molar-refractivity contribution in [2.24, 2.45) is 0 Å². The summed E-state index contributed by atoms with van der Waals surface area (Å²) in [6.07, 6.45) is 3.45. The molecule has 4 rings (SSSR count). The van der Waals surface area contributed by atoms with Gasteiger partial charge in [0.05, 0.1) is 11.9 Å². The average Bonchev–Trinajstić information content (AvgIpc) is 2.84. The van der Waals surface area contributed by atoms with Crippen LogP contribution < -0.4 is 20.7 Å². The Labute approximate surface area is 201 Å². The molecule has 9 nitrogen and oxygen atoms in total. The highest BCUT2D eigenvalue weighted by Gasteiger charge is 2.15. The molecule has 0 saturated carbocycles. The zero-order chi connectivity index (χ0) is 23.9. The van der Waals surface area contributed by atoms with Crippen molar-refractivity contribution in [3.63, 3.8) is 0 Å². The van der Waals surface area contributed by atoms with Gasteiger partial charge in [-0.1, -0.05) is 12.1 Å². The van der Waals surface area contributed by atoms with E-state index in [0.717, 1.165) is 61.9 Å². The van der Waals surface area contributed by atoms with E-state index in [4.69, 9.17) is 10.5 Å². The molecule has 0 unspecified atom stereocenters. The van der Waals surface area contributed by atoms with Crippen molar-refractivity contribution in [2.75, 3.05) is 76.4 Å². The van der Waals surface area contributed by atoms with Gasteiger partial charge >= 0.3 is 0 Å². The molecule has 1 saturated heterocycles. The van der Waals surface area contributed by atoms with Crippen molar-refractivity contribution in [2.45, 2.75) is 6.61 Å². The molecule has 3 heterocycles. The third kappa shape index (κ3) is 6.33. The first kappa shape index (κ1) is 23.7. The number of benzene rings is 1. The minimum Gasteiger partial charge on any atom is -0.470 e. The average molecular weight is 463 g/mol. The van der Waals surface area contributed by atoms with Crippen LogP contribution in [0.2, 0.25) is 0 Å². The number of likely N-dealkylation sites (N-methyl/N-ethyl adjacent to an activating group) is 2. The summed E-state index contributed by atoms with van der Waals surface area (Å²) in [6.45, 7) is 6.31. The monoisotopic (exact) mass is 462 g/mol. The number of hydrogen-bond donors (Lipinski definition) is 2. The lowest BCUT2D eigenvalue weighted by molar-refractivity contribution is 0.295. The highest BCUT2D eigenvalue weighted by atomic mass is 16.5. The van der Waals surface area contributed by atoms with Crippen LogP contribution in [-0.4, -0.2) is 85.2 Å². The Bertz CT molecular complexity index is 1060. The van der Waals surface area contributed by atoms with Gasteiger partial charge in [-0.05, 0) is 51.0 Å². The summed E-state index contributed by atoms with van der Waals surface area (Å²) in [5, 5.41) is 3.32. The molecule has 0 atom stereocenters. The predicted molar refractivity (Wildman–Crippen MR) is 137 cm³/mol. The molecule has 0 bridgehead atoms. The van der Waals surface area contributed by atoms with Crippen LogP contribution in [0.1, 0.15) is 5.56 Å². The zero-order valence-electron chi connectivity index (χ0n) is 20.2. The molecule has 0 radical (unpaired) electrons. The van der Waals surface area contributed by atoms with Crippen molar-refractivity contribution in [3.05, 3.63) is 54.4 Å². The van der Waals surface area contributed by atoms with Gasteiger partial charge < -0.3 is 30.5 Å². The SMILES string of the molecule is CN(C)CCNc1cc(COc2nc(-c3ccc(N4CCN(C)CC4)cc3)cnc2N)ccn1. The van der Waals surface area contributed by atoms with E-state index in [1.54, 1.807) is 12.4 Å². The fourth-order valence-corrected chi connectivity index (χ4v) is 3.75. The smallest absolute Gasteiger partial charge is 0.258 e. The molecule has 1 fully saturated rings. The second kappa shape index (κ2) is 11.1. The fraction of sp³-hybridized carbons (Fsp3) is 0.400. The summed E-state index contributed by atoms with van der Waals surface area (Å²) < 4.78 is 5.94. The summed E-state index contributed by atoms with van der Waals surface area (Å²) in [5.41, 5.74) is 9.96. The summed E-state index contributed by atoms with van der Waals surface area (Å²) in [5.74, 6) is 1.42. The summed E-state index contributed by atoms with van der Waals surface area (Å²) >= 11 is 0. The molecule has 3 aromatic rings. The number of nitrogen functional groups attached to an aromatic ring is 1. The number of anilines is 3. The topological polar surface area (TPSA) is 95.7 Å². The molecule has 2 aromatic heterocycles. The minimum absolute atomic E-state index is 0.274. The van der Waals surface area contributed by atoms with Crippen LogP contribution in [0.15, 0.2) is 48.8 Å². The molecule has 0 aliphatic carbocycles. The molecule has 0 spiro atoms. The van der Waals surface area contributed by atoms with Gasteiger partial charge in [-0.2, -0.15) is 0 Å². The lowest BCUT2D eigenvalue weighted by Gasteiger charge is -2.34. The van der Waals surface area contributed by atoms with Crippen molar-refractivity contribution in [1.82, 2.24) is 24.8 Å². The number of piperazine rings is 1. The quantitative estimate of drug-likeness (QED) is 0.497. The standard InChI is InChI=1S/C25H34N8O/c1-31(2)11-10-28-23-16-19(8-9-27-23)18-34-25-24(26)29-17-22(30-25)20-4-6-21(7-5-20)33-14-12-32(3)13-15-33/h4-9,16-17H,10-15,18H2,1-3H3,(H2,26,29)(H,27,28). The lowest BCUT2D eigenvalue weighted by atomic mass is 10.1. The van der Waals surface area contributed by atoms with Gasteiger partial charge in [0, 0.05) is 56.7 Å². The maximum absolute atomic E-state index is 6.05. The van der Waals surface area contributed by atoms with Gasteiger partial charge in [-0.3, -0.25) is 0 Å². The number of hydrogen-bond acceptors (Lipinski definition) is 9. The third-order valence-electron chi connectivity index (χ3n) is 5.86. The largest absolute Gasteiger partial charge is 0.470 e. The highest BCUT2D eigenvalue weighted by Crippen LogP contribution is 2.26. The van der Waals surface area contributed by atoms with E-state index in [9.17, 15) is 0 Å². The van der Waals surface area contributed by atoms with Gasteiger partial charge in [-0.25, -0.2) is 15.0 Å². The van der Waals surface area contributed by atoms with E-state index in [1.165, 1.54) is 5.69 Å². The molecule has 3 N–H and O–H groups in total. The van der Waals surface area contributed by atoms with Gasteiger partial charge in [0.25, 0.3) is 5.88 Å². The lowest BCUT2D eigenvalue weighted by Crippen LogP contribution is -2.44. The number of aromatic nitrogens is 3. The number of rotatable bonds is 9. The molecule has 1 aliphatic rings. The summed E-state index contributed by atoms with van der Waals surface area (Å²) in [6, 6.07) is 12.3. The van der Waals surface area contributed by atoms with Crippen LogP contribution in [0, 0.1) is 0 Å². The van der Waals surface area contributed by atoms with Gasteiger partial charge in [-0.15, -0.1) is 0 Å². The molecular weight excluding hydrogens is 428 g/mol. The Morgan fingerprint density at radius 2 is 1.82 bits per heavy atom. The number of nitrogens with one attached hydrogen (secondary N) is 1. The molecule has 1 aromatic carbocycles. The summed E-state index contributed by atoms with van der Waals surface area (Å²) in [4.78, 5) is 20.2. The Morgan fingerprint density at radius 3 is 2.56 bits per heavy atom. The van der Waals surface area contributed by atoms with Crippen molar-refractivity contribution in [3.8, 4) is 17.1 Å². The maximum atomic E-state index is 6.05. The van der Waals surface area contributed by atoms with Crippen LogP contribution in [0.4, 0.5) is 17.3 Å². The van der Waals surface area contributed by atoms with Crippen LogP contribution in [-0.2, 0) is 6.61 Å². The van der Waals surface area contributed by atoms with E-state index >= 15 is 0 Å². The Hall–Kier alpha value is -3.43. The second-order valence-corrected chi connectivity index (χ2v) is 8.85. The first-order valence-electron chi connectivity index (χ1n) is 11.6. The Balaban J connectivity index is 1.40. The van der Waals surface area contributed by atoms with Crippen molar-refractivity contribution < 1.29 is 4.74 Å². The summed E-state index contributed by atoms with van der Waals surface area (Å²) in [7, 11) is 6.25. The van der Waals surface area contributed by atoms with Crippen LogP contribution in [0.25, 0.3) is 11.3 Å². The van der Waals surface area contributed by atoms with Crippen LogP contribution in [0.3, 0.4) is 0 Å². The van der Waals surface area contributed by atoms with E-state index in [1.807, 2.05) is 26.2 Å². The van der Waals surface area contributed by atoms with Gasteiger partial charge in [0.1, 0.15) is 12.4 Å². The second-order valence-electron chi connectivity index (χ2n) is 8.85. The Kier molecular flexibility index (Phi) is 7.76. The van der Waals surface area contributed by atoms with Gasteiger partial charge in [0.15, 0.2) is 5.82 Å². The van der Waals surface area contributed by atoms with Crippen molar-refractivity contribution >= 4 is 17.3 Å². The zero-order valence-corrected chi connectivity index (χ0v) is 20.2. The number of nitrogens with zero attached hydrogens (tertiary/aromatic N) is 6. The molecule has 180 valence electrons. The predicted octanol–water partition coefficient (Wildman–Crippen LogP) is 2.43. The highest BCUT2D eigenvalue weighted by molar-refractivity contribution is 5.64. The number of ether oxygens (including phenoxy) is 1. The Morgan fingerprint density at radius 1 is 1.06 bits per heavy atom. The molecule has 0 amide bonds. The van der Waals surface area contributed by atoms with E-state index < -0.39 is 0 Å². The molecule has 9 heteroatoms.